The Kier molecular flexibility index (Phi) is 4.59. The van der Waals surface area contributed by atoms with E-state index < -0.39 is 0 Å². The van der Waals surface area contributed by atoms with Gasteiger partial charge in [0.05, 0.1) is 17.2 Å². The molecule has 150 valence electrons. The number of hydrogen-bond acceptors (Lipinski definition) is 6. The average Bonchev–Trinajstić information content (AvgIpc) is 3.36. The fourth-order valence-corrected chi connectivity index (χ4v) is 3.89. The molecule has 0 spiro atoms. The number of fused-ring (bicyclic) bond motifs is 2. The van der Waals surface area contributed by atoms with Crippen molar-refractivity contribution >= 4 is 40.1 Å². The zero-order valence-corrected chi connectivity index (χ0v) is 16.3. The van der Waals surface area contributed by atoms with Gasteiger partial charge in [0.25, 0.3) is 5.91 Å². The van der Waals surface area contributed by atoms with Crippen LogP contribution in [0.1, 0.15) is 41.6 Å². The predicted octanol–water partition coefficient (Wildman–Crippen LogP) is 3.12. The van der Waals surface area contributed by atoms with Crippen LogP contribution in [0.2, 0.25) is 0 Å². The molecule has 1 aliphatic rings. The third-order valence-electron chi connectivity index (χ3n) is 5.42. The average molecular weight is 399 g/mol. The van der Waals surface area contributed by atoms with E-state index in [1.807, 2.05) is 36.4 Å². The highest BCUT2D eigenvalue weighted by Crippen LogP contribution is 2.28. The zero-order valence-electron chi connectivity index (χ0n) is 16.3. The molecular weight excluding hydrogens is 378 g/mol. The molecule has 0 aliphatic heterocycles. The van der Waals surface area contributed by atoms with E-state index in [4.69, 9.17) is 15.7 Å². The Balaban J connectivity index is 1.66. The quantitative estimate of drug-likeness (QED) is 0.512. The molecule has 0 bridgehead atoms. The Bertz CT molecular complexity index is 1260. The standard InChI is InChI=1S/C22H21N7O/c23-20-18(22(30)26-15-5-1-2-6-15)19-21(28-17-8-4-3-7-16(17)27-19)29(20)25-13-14-9-11-24-12-10-14/h3-4,7-13,15H,1-2,5-6,23H2,(H,26,30)/b25-13-. The molecule has 0 atom stereocenters. The van der Waals surface area contributed by atoms with Gasteiger partial charge < -0.3 is 11.1 Å². The smallest absolute Gasteiger partial charge is 0.257 e. The molecule has 0 unspecified atom stereocenters. The summed E-state index contributed by atoms with van der Waals surface area (Å²) in [6.07, 6.45) is 9.26. The molecule has 1 aliphatic carbocycles. The molecule has 3 heterocycles. The molecule has 5 rings (SSSR count). The van der Waals surface area contributed by atoms with Crippen LogP contribution in [-0.2, 0) is 0 Å². The van der Waals surface area contributed by atoms with Gasteiger partial charge >= 0.3 is 0 Å². The molecule has 4 aromatic rings. The maximum Gasteiger partial charge on any atom is 0.257 e. The molecule has 3 N–H and O–H groups in total. The number of nitrogens with two attached hydrogens (primary N) is 1. The van der Waals surface area contributed by atoms with Gasteiger partial charge in [-0.25, -0.2) is 9.97 Å². The lowest BCUT2D eigenvalue weighted by atomic mass is 10.2. The van der Waals surface area contributed by atoms with Gasteiger partial charge in [-0.2, -0.15) is 9.78 Å². The molecule has 0 radical (unpaired) electrons. The van der Waals surface area contributed by atoms with Gasteiger partial charge in [-0.15, -0.1) is 0 Å². The number of carbonyl (C=O) groups excluding carboxylic acids is 1. The summed E-state index contributed by atoms with van der Waals surface area (Å²) in [5.41, 5.74) is 9.92. The van der Waals surface area contributed by atoms with Crippen molar-refractivity contribution < 1.29 is 4.79 Å². The maximum atomic E-state index is 13.1. The lowest BCUT2D eigenvalue weighted by molar-refractivity contribution is 0.0940. The van der Waals surface area contributed by atoms with E-state index >= 15 is 0 Å². The number of anilines is 1. The van der Waals surface area contributed by atoms with Gasteiger partial charge in [0.2, 0.25) is 0 Å². The highest BCUT2D eigenvalue weighted by Gasteiger charge is 2.26. The molecular formula is C22H21N7O. The van der Waals surface area contributed by atoms with Gasteiger partial charge in [0.1, 0.15) is 16.9 Å². The number of nitrogens with zero attached hydrogens (tertiary/aromatic N) is 5. The molecule has 1 aromatic carbocycles. The predicted molar refractivity (Wildman–Crippen MR) is 116 cm³/mol. The number of amides is 1. The maximum absolute atomic E-state index is 13.1. The number of nitrogen functional groups attached to an aromatic ring is 1. The Morgan fingerprint density at radius 2 is 1.80 bits per heavy atom. The number of rotatable bonds is 4. The first-order valence-corrected chi connectivity index (χ1v) is 10.0. The number of benzene rings is 1. The second-order valence-corrected chi connectivity index (χ2v) is 7.44. The van der Waals surface area contributed by atoms with Crippen molar-refractivity contribution in [3.8, 4) is 0 Å². The van der Waals surface area contributed by atoms with Crippen LogP contribution in [-0.4, -0.2) is 37.8 Å². The third-order valence-corrected chi connectivity index (χ3v) is 5.42. The molecule has 1 fully saturated rings. The zero-order chi connectivity index (χ0) is 20.5. The fraction of sp³-hybridized carbons (Fsp3) is 0.227. The molecule has 1 saturated carbocycles. The summed E-state index contributed by atoms with van der Waals surface area (Å²) in [6, 6.07) is 11.4. The van der Waals surface area contributed by atoms with Gasteiger partial charge in [0.15, 0.2) is 5.65 Å². The van der Waals surface area contributed by atoms with Crippen molar-refractivity contribution in [3.63, 3.8) is 0 Å². The van der Waals surface area contributed by atoms with Gasteiger partial charge in [-0.05, 0) is 42.7 Å². The van der Waals surface area contributed by atoms with Crippen molar-refractivity contribution in [1.29, 1.82) is 0 Å². The van der Waals surface area contributed by atoms with Crippen molar-refractivity contribution in [2.45, 2.75) is 31.7 Å². The molecule has 0 saturated heterocycles. The largest absolute Gasteiger partial charge is 0.383 e. The van der Waals surface area contributed by atoms with Crippen LogP contribution in [0.15, 0.2) is 53.9 Å². The van der Waals surface area contributed by atoms with Gasteiger partial charge in [-0.3, -0.25) is 9.78 Å². The van der Waals surface area contributed by atoms with Crippen LogP contribution in [0.3, 0.4) is 0 Å². The minimum atomic E-state index is -0.230. The monoisotopic (exact) mass is 399 g/mol. The summed E-state index contributed by atoms with van der Waals surface area (Å²) in [7, 11) is 0. The lowest BCUT2D eigenvalue weighted by Crippen LogP contribution is -2.33. The highest BCUT2D eigenvalue weighted by atomic mass is 16.1. The first-order valence-electron chi connectivity index (χ1n) is 10.0. The van der Waals surface area contributed by atoms with E-state index in [9.17, 15) is 4.79 Å². The van der Waals surface area contributed by atoms with E-state index in [1.165, 1.54) is 4.68 Å². The minimum absolute atomic E-state index is 0.170. The van der Waals surface area contributed by atoms with E-state index in [0.717, 1.165) is 31.2 Å². The summed E-state index contributed by atoms with van der Waals surface area (Å²) >= 11 is 0. The van der Waals surface area contributed by atoms with Crippen molar-refractivity contribution in [2.24, 2.45) is 5.10 Å². The Labute approximate surface area is 172 Å². The fourth-order valence-electron chi connectivity index (χ4n) is 3.89. The minimum Gasteiger partial charge on any atom is -0.383 e. The summed E-state index contributed by atoms with van der Waals surface area (Å²) < 4.78 is 1.48. The van der Waals surface area contributed by atoms with E-state index in [-0.39, 0.29) is 17.8 Å². The van der Waals surface area contributed by atoms with Crippen molar-refractivity contribution in [1.82, 2.24) is 24.9 Å². The topological polar surface area (TPSA) is 111 Å². The van der Waals surface area contributed by atoms with Gasteiger partial charge in [0, 0.05) is 18.4 Å². The summed E-state index contributed by atoms with van der Waals surface area (Å²) in [6.45, 7) is 0. The number of nitrogens with one attached hydrogen (secondary N) is 1. The number of aromatic nitrogens is 4. The summed E-state index contributed by atoms with van der Waals surface area (Å²) in [5.74, 6) is -0.00653. The molecule has 3 aromatic heterocycles. The second-order valence-electron chi connectivity index (χ2n) is 7.44. The Morgan fingerprint density at radius 1 is 1.10 bits per heavy atom. The molecule has 8 nitrogen and oxygen atoms in total. The van der Waals surface area contributed by atoms with Crippen LogP contribution < -0.4 is 11.1 Å². The first kappa shape index (κ1) is 18.2. The molecule has 8 heteroatoms. The Morgan fingerprint density at radius 3 is 2.53 bits per heavy atom. The molecule has 30 heavy (non-hydrogen) atoms. The highest BCUT2D eigenvalue weighted by molar-refractivity contribution is 6.10. The van der Waals surface area contributed by atoms with E-state index in [2.05, 4.69) is 15.4 Å². The second kappa shape index (κ2) is 7.55. The van der Waals surface area contributed by atoms with Gasteiger partial charge in [-0.1, -0.05) is 25.0 Å². The third kappa shape index (κ3) is 3.26. The van der Waals surface area contributed by atoms with Crippen LogP contribution in [0.4, 0.5) is 5.82 Å². The summed E-state index contributed by atoms with van der Waals surface area (Å²) in [4.78, 5) is 26.5. The number of pyridine rings is 1. The number of carbonyl (C=O) groups is 1. The lowest BCUT2D eigenvalue weighted by Gasteiger charge is -2.11. The normalized spacial score (nSPS) is 14.8. The first-order chi connectivity index (χ1) is 14.7. The van der Waals surface area contributed by atoms with Crippen LogP contribution in [0.25, 0.3) is 22.2 Å². The molecule has 1 amide bonds. The SMILES string of the molecule is Nc1c(C(=O)NC2CCCC2)c2nc3ccccc3nc2n1/N=C\c1ccncc1. The van der Waals surface area contributed by atoms with Crippen LogP contribution in [0.5, 0.6) is 0 Å². The van der Waals surface area contributed by atoms with Crippen LogP contribution in [0, 0.1) is 0 Å². The number of hydrogen-bond donors (Lipinski definition) is 2. The van der Waals surface area contributed by atoms with Crippen molar-refractivity contribution in [2.75, 3.05) is 5.73 Å². The van der Waals surface area contributed by atoms with Crippen molar-refractivity contribution in [3.05, 3.63) is 59.9 Å². The number of para-hydroxylation sites is 2. The van der Waals surface area contributed by atoms with E-state index in [0.29, 0.717) is 27.8 Å². The van der Waals surface area contributed by atoms with Crippen LogP contribution >= 0.6 is 0 Å². The Hall–Kier alpha value is -3.81. The van der Waals surface area contributed by atoms with E-state index in [1.54, 1.807) is 18.6 Å². The summed E-state index contributed by atoms with van der Waals surface area (Å²) in [5, 5.41) is 7.61.